The molecule has 1 fully saturated rings. The van der Waals surface area contributed by atoms with E-state index in [1.54, 1.807) is 0 Å². The lowest BCUT2D eigenvalue weighted by Crippen LogP contribution is -2.30. The van der Waals surface area contributed by atoms with Crippen LogP contribution in [0.5, 0.6) is 0 Å². The molecule has 8 heteroatoms. The first-order valence-electron chi connectivity index (χ1n) is 5.92. The van der Waals surface area contributed by atoms with E-state index in [0.717, 1.165) is 17.1 Å². The average molecular weight is 305 g/mol. The van der Waals surface area contributed by atoms with Crippen LogP contribution in [0.3, 0.4) is 0 Å². The number of carbonyl (C=O) groups is 1. The van der Waals surface area contributed by atoms with E-state index in [-0.39, 0.29) is 12.5 Å². The molecule has 1 aromatic rings. The Morgan fingerprint density at radius 1 is 1.40 bits per heavy atom. The minimum Gasteiger partial charge on any atom is -0.478 e. The van der Waals surface area contributed by atoms with Gasteiger partial charge >= 0.3 is 5.97 Å². The number of rotatable bonds is 5. The maximum atomic E-state index is 13.7. The minimum atomic E-state index is -4.25. The Bertz CT molecular complexity index is 656. The third-order valence-corrected chi connectivity index (χ3v) is 4.96. The molecule has 0 amide bonds. The zero-order valence-corrected chi connectivity index (χ0v) is 11.5. The second kappa shape index (κ2) is 5.10. The summed E-state index contributed by atoms with van der Waals surface area (Å²) in [5, 5.41) is 8.79. The van der Waals surface area contributed by atoms with Crippen molar-refractivity contribution in [3.63, 3.8) is 0 Å². The molecule has 1 saturated carbocycles. The van der Waals surface area contributed by atoms with E-state index in [0.29, 0.717) is 12.1 Å². The number of sulfonamides is 1. The number of carboxylic acids is 1. The first kappa shape index (κ1) is 14.9. The van der Waals surface area contributed by atoms with Crippen LogP contribution in [0.25, 0.3) is 0 Å². The zero-order valence-electron chi connectivity index (χ0n) is 10.6. The molecule has 0 bridgehead atoms. The summed E-state index contributed by atoms with van der Waals surface area (Å²) in [4.78, 5) is 9.86. The highest BCUT2D eigenvalue weighted by molar-refractivity contribution is 7.89. The Balaban J connectivity index is 2.46. The quantitative estimate of drug-likeness (QED) is 0.898. The van der Waals surface area contributed by atoms with Crippen molar-refractivity contribution in [1.29, 1.82) is 0 Å². The van der Waals surface area contributed by atoms with E-state index in [9.17, 15) is 22.0 Å². The summed E-state index contributed by atoms with van der Waals surface area (Å²) in [7, 11) is -2.99. The number of benzene rings is 1. The number of aromatic carboxylic acids is 1. The van der Waals surface area contributed by atoms with Crippen molar-refractivity contribution >= 4 is 16.0 Å². The molecular weight excluding hydrogens is 292 g/mol. The summed E-state index contributed by atoms with van der Waals surface area (Å²) < 4.78 is 52.3. The molecule has 5 nitrogen and oxygen atoms in total. The molecule has 0 aromatic heterocycles. The summed E-state index contributed by atoms with van der Waals surface area (Å²) in [6.45, 7) is 0.209. The fourth-order valence-corrected chi connectivity index (χ4v) is 3.15. The molecular formula is C12H13F2NO4S. The molecule has 0 radical (unpaired) electrons. The molecule has 1 aromatic carbocycles. The zero-order chi connectivity index (χ0) is 15.1. The van der Waals surface area contributed by atoms with Crippen LogP contribution >= 0.6 is 0 Å². The maximum absolute atomic E-state index is 13.7. The molecule has 20 heavy (non-hydrogen) atoms. The Kier molecular flexibility index (Phi) is 3.79. The Morgan fingerprint density at radius 3 is 2.50 bits per heavy atom. The Labute approximate surface area is 114 Å². The number of hydrogen-bond acceptors (Lipinski definition) is 3. The van der Waals surface area contributed by atoms with Crippen LogP contribution in [0.15, 0.2) is 17.0 Å². The summed E-state index contributed by atoms with van der Waals surface area (Å²) in [6, 6.07) is 1.09. The first-order chi connectivity index (χ1) is 9.23. The average Bonchev–Trinajstić information content (AvgIpc) is 3.15. The highest BCUT2D eigenvalue weighted by Crippen LogP contribution is 2.31. The van der Waals surface area contributed by atoms with Crippen LogP contribution in [-0.4, -0.2) is 37.4 Å². The van der Waals surface area contributed by atoms with Gasteiger partial charge in [-0.25, -0.2) is 26.3 Å². The van der Waals surface area contributed by atoms with Crippen LogP contribution in [0.2, 0.25) is 0 Å². The van der Waals surface area contributed by atoms with Crippen LogP contribution in [0.4, 0.5) is 8.78 Å². The largest absolute Gasteiger partial charge is 0.478 e. The second-order valence-electron chi connectivity index (χ2n) is 4.80. The summed E-state index contributed by atoms with van der Waals surface area (Å²) in [5.74, 6) is -4.35. The van der Waals surface area contributed by atoms with Crippen molar-refractivity contribution in [2.24, 2.45) is 5.92 Å². The molecule has 110 valence electrons. The molecule has 0 saturated heterocycles. The first-order valence-corrected chi connectivity index (χ1v) is 7.36. The third kappa shape index (κ3) is 2.80. The van der Waals surface area contributed by atoms with Gasteiger partial charge in [0, 0.05) is 13.6 Å². The lowest BCUT2D eigenvalue weighted by molar-refractivity contribution is 0.0696. The molecule has 1 aliphatic carbocycles. The molecule has 0 aliphatic heterocycles. The van der Waals surface area contributed by atoms with Gasteiger partial charge in [0.1, 0.15) is 4.90 Å². The minimum absolute atomic E-state index is 0.209. The number of hydrogen-bond donors (Lipinski definition) is 1. The van der Waals surface area contributed by atoms with Gasteiger partial charge in [0.15, 0.2) is 11.6 Å². The van der Waals surface area contributed by atoms with Gasteiger partial charge in [-0.2, -0.15) is 0 Å². The summed E-state index contributed by atoms with van der Waals surface area (Å²) in [6.07, 6.45) is 1.79. The number of nitrogens with zero attached hydrogens (tertiary/aromatic N) is 1. The predicted molar refractivity (Wildman–Crippen MR) is 65.9 cm³/mol. The van der Waals surface area contributed by atoms with E-state index >= 15 is 0 Å². The van der Waals surface area contributed by atoms with Gasteiger partial charge in [0.2, 0.25) is 10.0 Å². The van der Waals surface area contributed by atoms with Crippen molar-refractivity contribution in [2.45, 2.75) is 17.7 Å². The van der Waals surface area contributed by atoms with Gasteiger partial charge in [0.25, 0.3) is 0 Å². The Hall–Kier alpha value is -1.54. The molecule has 1 N–H and O–H groups in total. The van der Waals surface area contributed by atoms with Crippen molar-refractivity contribution in [1.82, 2.24) is 4.31 Å². The number of halogens is 2. The van der Waals surface area contributed by atoms with E-state index in [1.807, 2.05) is 0 Å². The maximum Gasteiger partial charge on any atom is 0.335 e. The normalized spacial score (nSPS) is 15.6. The van der Waals surface area contributed by atoms with Gasteiger partial charge in [0.05, 0.1) is 5.56 Å². The topological polar surface area (TPSA) is 74.7 Å². The SMILES string of the molecule is CN(CC1CC1)S(=O)(=O)c1cc(C(=O)O)cc(F)c1F. The van der Waals surface area contributed by atoms with Crippen molar-refractivity contribution < 1.29 is 27.1 Å². The lowest BCUT2D eigenvalue weighted by Gasteiger charge is -2.17. The van der Waals surface area contributed by atoms with E-state index < -0.39 is 38.1 Å². The van der Waals surface area contributed by atoms with Gasteiger partial charge in [-0.15, -0.1) is 0 Å². The lowest BCUT2D eigenvalue weighted by atomic mass is 10.2. The van der Waals surface area contributed by atoms with Gasteiger partial charge in [-0.05, 0) is 30.9 Å². The molecule has 0 unspecified atom stereocenters. The van der Waals surface area contributed by atoms with Crippen molar-refractivity contribution in [3.8, 4) is 0 Å². The number of carboxylic acid groups (broad SMARTS) is 1. The van der Waals surface area contributed by atoms with Crippen LogP contribution in [0, 0.1) is 17.6 Å². The highest BCUT2D eigenvalue weighted by atomic mass is 32.2. The van der Waals surface area contributed by atoms with Crippen LogP contribution in [-0.2, 0) is 10.0 Å². The predicted octanol–water partition coefficient (Wildman–Crippen LogP) is 1.69. The Morgan fingerprint density at radius 2 is 2.00 bits per heavy atom. The fraction of sp³-hybridized carbons (Fsp3) is 0.417. The van der Waals surface area contributed by atoms with Gasteiger partial charge in [-0.3, -0.25) is 0 Å². The molecule has 0 spiro atoms. The molecule has 0 heterocycles. The van der Waals surface area contributed by atoms with Crippen LogP contribution in [0.1, 0.15) is 23.2 Å². The summed E-state index contributed by atoms with van der Waals surface area (Å²) in [5.41, 5.74) is -0.609. The third-order valence-electron chi connectivity index (χ3n) is 3.14. The van der Waals surface area contributed by atoms with Gasteiger partial charge in [-0.1, -0.05) is 0 Å². The molecule has 1 aliphatic rings. The second-order valence-corrected chi connectivity index (χ2v) is 6.82. The van der Waals surface area contributed by atoms with E-state index in [1.165, 1.54) is 7.05 Å². The summed E-state index contributed by atoms with van der Waals surface area (Å²) >= 11 is 0. The fourth-order valence-electron chi connectivity index (χ4n) is 1.81. The van der Waals surface area contributed by atoms with Crippen molar-refractivity contribution in [2.75, 3.05) is 13.6 Å². The standard InChI is InChI=1S/C12H13F2NO4S/c1-15(6-7-2-3-7)20(18,19)10-5-8(12(16)17)4-9(13)11(10)14/h4-5,7H,2-3,6H2,1H3,(H,16,17). The van der Waals surface area contributed by atoms with E-state index in [4.69, 9.17) is 5.11 Å². The molecule has 2 rings (SSSR count). The highest BCUT2D eigenvalue weighted by Gasteiger charge is 2.32. The van der Waals surface area contributed by atoms with E-state index in [2.05, 4.69) is 0 Å². The van der Waals surface area contributed by atoms with Crippen LogP contribution < -0.4 is 0 Å². The van der Waals surface area contributed by atoms with Crippen molar-refractivity contribution in [3.05, 3.63) is 29.3 Å². The monoisotopic (exact) mass is 305 g/mol. The molecule has 0 atom stereocenters. The smallest absolute Gasteiger partial charge is 0.335 e. The van der Waals surface area contributed by atoms with Gasteiger partial charge < -0.3 is 5.11 Å².